The molecule has 0 bridgehead atoms. The molecule has 2 atom stereocenters. The van der Waals surface area contributed by atoms with Crippen LogP contribution < -0.4 is 15.0 Å². The molecular weight excluding hydrogens is 356 g/mol. The van der Waals surface area contributed by atoms with E-state index >= 15 is 0 Å². The second-order valence-corrected chi connectivity index (χ2v) is 9.38. The highest BCUT2D eigenvalue weighted by molar-refractivity contribution is 7.91. The maximum absolute atomic E-state index is 12.5. The van der Waals surface area contributed by atoms with Crippen molar-refractivity contribution >= 4 is 27.3 Å². The second-order valence-electron chi connectivity index (χ2n) is 7.15. The van der Waals surface area contributed by atoms with E-state index in [9.17, 15) is 18.0 Å². The lowest BCUT2D eigenvalue weighted by atomic mass is 10.1. The SMILES string of the molecule is CC(C)Oc1ccccc1N1CC(C(=O)NC2CCS(=O)(=O)C2)CC1=O. The number of amides is 2. The van der Waals surface area contributed by atoms with E-state index in [1.807, 2.05) is 26.0 Å². The molecule has 3 rings (SSSR count). The van der Waals surface area contributed by atoms with Crippen LogP contribution in [-0.4, -0.2) is 50.4 Å². The van der Waals surface area contributed by atoms with Crippen molar-refractivity contribution in [2.24, 2.45) is 5.92 Å². The highest BCUT2D eigenvalue weighted by Gasteiger charge is 2.38. The smallest absolute Gasteiger partial charge is 0.227 e. The van der Waals surface area contributed by atoms with Crippen LogP contribution in [0.5, 0.6) is 5.75 Å². The average Bonchev–Trinajstić information content (AvgIpc) is 3.10. The van der Waals surface area contributed by atoms with Gasteiger partial charge in [0.2, 0.25) is 11.8 Å². The molecule has 7 nitrogen and oxygen atoms in total. The van der Waals surface area contributed by atoms with Crippen LogP contribution in [0.15, 0.2) is 24.3 Å². The molecule has 2 unspecified atom stereocenters. The maximum Gasteiger partial charge on any atom is 0.227 e. The average molecular weight is 380 g/mol. The molecule has 1 aromatic carbocycles. The largest absolute Gasteiger partial charge is 0.489 e. The van der Waals surface area contributed by atoms with E-state index in [-0.39, 0.29) is 48.4 Å². The fourth-order valence-corrected chi connectivity index (χ4v) is 5.05. The first-order chi connectivity index (χ1) is 12.2. The first-order valence-electron chi connectivity index (χ1n) is 8.82. The molecule has 142 valence electrons. The van der Waals surface area contributed by atoms with Crippen molar-refractivity contribution in [2.75, 3.05) is 23.0 Å². The Morgan fingerprint density at radius 2 is 2.04 bits per heavy atom. The second kappa shape index (κ2) is 7.26. The predicted molar refractivity (Wildman–Crippen MR) is 97.9 cm³/mol. The number of carbonyl (C=O) groups excluding carboxylic acids is 2. The number of hydrogen-bond acceptors (Lipinski definition) is 5. The van der Waals surface area contributed by atoms with Gasteiger partial charge in [-0.25, -0.2) is 8.42 Å². The van der Waals surface area contributed by atoms with Crippen LogP contribution in [0.2, 0.25) is 0 Å². The molecule has 0 spiro atoms. The van der Waals surface area contributed by atoms with Crippen molar-refractivity contribution in [3.05, 3.63) is 24.3 Å². The van der Waals surface area contributed by atoms with Crippen LogP contribution in [0, 0.1) is 5.92 Å². The summed E-state index contributed by atoms with van der Waals surface area (Å²) in [6, 6.07) is 6.92. The van der Waals surface area contributed by atoms with Crippen molar-refractivity contribution in [1.82, 2.24) is 5.32 Å². The Kier molecular flexibility index (Phi) is 5.22. The van der Waals surface area contributed by atoms with Gasteiger partial charge in [0.25, 0.3) is 0 Å². The number of nitrogens with zero attached hydrogens (tertiary/aromatic N) is 1. The van der Waals surface area contributed by atoms with E-state index in [4.69, 9.17) is 4.74 Å². The highest BCUT2D eigenvalue weighted by atomic mass is 32.2. The molecule has 0 aromatic heterocycles. The van der Waals surface area contributed by atoms with Crippen LogP contribution in [0.3, 0.4) is 0 Å². The third kappa shape index (κ3) is 4.17. The van der Waals surface area contributed by atoms with Crippen LogP contribution in [-0.2, 0) is 19.4 Å². The van der Waals surface area contributed by atoms with Crippen molar-refractivity contribution in [3.63, 3.8) is 0 Å². The summed E-state index contributed by atoms with van der Waals surface area (Å²) in [5.41, 5.74) is 0.657. The summed E-state index contributed by atoms with van der Waals surface area (Å²) in [7, 11) is -3.05. The number of sulfone groups is 1. The number of anilines is 1. The molecule has 8 heteroatoms. The van der Waals surface area contributed by atoms with Crippen LogP contribution >= 0.6 is 0 Å². The van der Waals surface area contributed by atoms with Crippen molar-refractivity contribution in [1.29, 1.82) is 0 Å². The summed E-state index contributed by atoms with van der Waals surface area (Å²) >= 11 is 0. The van der Waals surface area contributed by atoms with E-state index < -0.39 is 15.8 Å². The van der Waals surface area contributed by atoms with Crippen LogP contribution in [0.1, 0.15) is 26.7 Å². The van der Waals surface area contributed by atoms with E-state index in [1.54, 1.807) is 17.0 Å². The molecule has 0 radical (unpaired) electrons. The third-order valence-corrected chi connectivity index (χ3v) is 6.36. The maximum atomic E-state index is 12.5. The lowest BCUT2D eigenvalue weighted by molar-refractivity contribution is -0.126. The van der Waals surface area contributed by atoms with Crippen molar-refractivity contribution in [2.45, 2.75) is 38.8 Å². The van der Waals surface area contributed by atoms with Crippen molar-refractivity contribution < 1.29 is 22.7 Å². The monoisotopic (exact) mass is 380 g/mol. The zero-order valence-electron chi connectivity index (χ0n) is 15.0. The Hall–Kier alpha value is -2.09. The van der Waals surface area contributed by atoms with Gasteiger partial charge < -0.3 is 15.0 Å². The summed E-state index contributed by atoms with van der Waals surface area (Å²) in [4.78, 5) is 26.5. The Labute approximate surface area is 153 Å². The number of ether oxygens (including phenoxy) is 1. The lowest BCUT2D eigenvalue weighted by Crippen LogP contribution is -2.40. The summed E-state index contributed by atoms with van der Waals surface area (Å²) in [6.07, 6.45) is 0.516. The van der Waals surface area contributed by atoms with Gasteiger partial charge in [0, 0.05) is 19.0 Å². The molecule has 2 saturated heterocycles. The molecule has 1 aromatic rings. The van der Waals surface area contributed by atoms with Crippen LogP contribution in [0.25, 0.3) is 0 Å². The third-order valence-electron chi connectivity index (χ3n) is 4.59. The van der Waals surface area contributed by atoms with Gasteiger partial charge in [0.15, 0.2) is 9.84 Å². The standard InChI is InChI=1S/C18H24N2O5S/c1-12(2)25-16-6-4-3-5-15(16)20-10-13(9-17(20)21)18(22)19-14-7-8-26(23,24)11-14/h3-6,12-14H,7-11H2,1-2H3,(H,19,22). The lowest BCUT2D eigenvalue weighted by Gasteiger charge is -2.22. The fraction of sp³-hybridized carbons (Fsp3) is 0.556. The molecule has 2 aliphatic rings. The first-order valence-corrected chi connectivity index (χ1v) is 10.6. The van der Waals surface area contributed by atoms with Crippen molar-refractivity contribution in [3.8, 4) is 5.75 Å². The minimum atomic E-state index is -3.05. The zero-order chi connectivity index (χ0) is 18.9. The van der Waals surface area contributed by atoms with E-state index in [2.05, 4.69) is 5.32 Å². The Morgan fingerprint density at radius 1 is 1.31 bits per heavy atom. The number of hydrogen-bond donors (Lipinski definition) is 1. The molecule has 2 amide bonds. The summed E-state index contributed by atoms with van der Waals surface area (Å²) in [6.45, 7) is 4.09. The van der Waals surface area contributed by atoms with Crippen LogP contribution in [0.4, 0.5) is 5.69 Å². The van der Waals surface area contributed by atoms with Gasteiger partial charge in [0.05, 0.1) is 29.2 Å². The highest BCUT2D eigenvalue weighted by Crippen LogP contribution is 2.33. The normalized spacial score (nSPS) is 24.9. The summed E-state index contributed by atoms with van der Waals surface area (Å²) in [5.74, 6) is -0.187. The minimum absolute atomic E-state index is 0.0197. The van der Waals surface area contributed by atoms with Gasteiger partial charge in [-0.3, -0.25) is 9.59 Å². The molecule has 0 saturated carbocycles. The number of benzene rings is 1. The van der Waals surface area contributed by atoms with E-state index in [0.29, 0.717) is 17.9 Å². The van der Waals surface area contributed by atoms with Gasteiger partial charge >= 0.3 is 0 Å². The van der Waals surface area contributed by atoms with E-state index in [1.165, 1.54) is 0 Å². The topological polar surface area (TPSA) is 92.8 Å². The Balaban J connectivity index is 1.68. The molecular formula is C18H24N2O5S. The fourth-order valence-electron chi connectivity index (χ4n) is 3.38. The number of carbonyl (C=O) groups is 2. The number of nitrogens with one attached hydrogen (secondary N) is 1. The number of rotatable bonds is 5. The number of para-hydroxylation sites is 2. The van der Waals surface area contributed by atoms with Gasteiger partial charge in [-0.2, -0.15) is 0 Å². The molecule has 26 heavy (non-hydrogen) atoms. The summed E-state index contributed by atoms with van der Waals surface area (Å²) < 4.78 is 28.8. The minimum Gasteiger partial charge on any atom is -0.489 e. The molecule has 2 fully saturated rings. The van der Waals surface area contributed by atoms with Gasteiger partial charge in [0.1, 0.15) is 5.75 Å². The Morgan fingerprint density at radius 3 is 2.69 bits per heavy atom. The predicted octanol–water partition coefficient (Wildman–Crippen LogP) is 1.13. The Bertz CT molecular complexity index is 806. The summed E-state index contributed by atoms with van der Waals surface area (Å²) in [5, 5.41) is 2.79. The quantitative estimate of drug-likeness (QED) is 0.827. The van der Waals surface area contributed by atoms with E-state index in [0.717, 1.165) is 0 Å². The van der Waals surface area contributed by atoms with Gasteiger partial charge in [-0.1, -0.05) is 12.1 Å². The van der Waals surface area contributed by atoms with Gasteiger partial charge in [-0.05, 0) is 32.4 Å². The molecule has 2 heterocycles. The first kappa shape index (κ1) is 18.7. The molecule has 1 N–H and O–H groups in total. The molecule has 2 aliphatic heterocycles. The molecule has 0 aliphatic carbocycles. The zero-order valence-corrected chi connectivity index (χ0v) is 15.8. The van der Waals surface area contributed by atoms with Gasteiger partial charge in [-0.15, -0.1) is 0 Å².